The Balaban J connectivity index is 2.96. The van der Waals surface area contributed by atoms with Crippen LogP contribution in [-0.2, 0) is 4.79 Å². The molecule has 1 rings (SSSR count). The highest BCUT2D eigenvalue weighted by Gasteiger charge is 2.19. The smallest absolute Gasteiger partial charge is 0.332 e. The molecule has 102 valence electrons. The van der Waals surface area contributed by atoms with Gasteiger partial charge in [0.05, 0.1) is 5.69 Å². The van der Waals surface area contributed by atoms with Crippen molar-refractivity contribution in [2.24, 2.45) is 0 Å². The minimum absolute atomic E-state index is 0.370. The number of benzene rings is 1. The molecule has 0 aliphatic heterocycles. The first-order valence-electron chi connectivity index (χ1n) is 6.08. The minimum atomic E-state index is -0.495. The number of nitrogens with one attached hydrogen (secondary N) is 1. The van der Waals surface area contributed by atoms with Crippen molar-refractivity contribution < 1.29 is 9.59 Å². The first kappa shape index (κ1) is 14.8. The normalized spacial score (nSPS) is 11.0. The molecule has 0 heterocycles. The lowest BCUT2D eigenvalue weighted by Gasteiger charge is -2.19. The molecule has 1 aromatic rings. The number of imide groups is 1. The number of urea groups is 1. The maximum Gasteiger partial charge on any atom is 0.332 e. The van der Waals surface area contributed by atoms with Gasteiger partial charge in [-0.15, -0.1) is 0 Å². The third-order valence-corrected chi connectivity index (χ3v) is 2.65. The second-order valence-electron chi connectivity index (χ2n) is 4.24. The van der Waals surface area contributed by atoms with Crippen molar-refractivity contribution >= 4 is 23.3 Å². The lowest BCUT2D eigenvalue weighted by molar-refractivity contribution is -0.115. The van der Waals surface area contributed by atoms with E-state index in [1.165, 1.54) is 6.92 Å². The standard InChI is InChI=1S/C14H19N3O2/c1-4-10(2)9-16-14(19)17(11(3)18)13-7-5-6-12(15)8-13/h5-9H,4,15H2,1-3H3,(H,16,19)/b10-9+. The fourth-order valence-corrected chi connectivity index (χ4v) is 1.46. The van der Waals surface area contributed by atoms with Crippen molar-refractivity contribution in [1.82, 2.24) is 5.32 Å². The van der Waals surface area contributed by atoms with Gasteiger partial charge < -0.3 is 11.1 Å². The second-order valence-corrected chi connectivity index (χ2v) is 4.24. The molecule has 0 fully saturated rings. The largest absolute Gasteiger partial charge is 0.399 e. The lowest BCUT2D eigenvalue weighted by Crippen LogP contribution is -2.41. The molecule has 0 saturated carbocycles. The molecular weight excluding hydrogens is 242 g/mol. The summed E-state index contributed by atoms with van der Waals surface area (Å²) in [5, 5.41) is 2.60. The predicted octanol–water partition coefficient (Wildman–Crippen LogP) is 2.65. The molecule has 0 saturated heterocycles. The fraction of sp³-hybridized carbons (Fsp3) is 0.286. The quantitative estimate of drug-likeness (QED) is 0.821. The van der Waals surface area contributed by atoms with Gasteiger partial charge in [-0.05, 0) is 31.5 Å². The number of hydrogen-bond donors (Lipinski definition) is 2. The Morgan fingerprint density at radius 1 is 1.37 bits per heavy atom. The Hall–Kier alpha value is -2.30. The van der Waals surface area contributed by atoms with Crippen LogP contribution in [0.25, 0.3) is 0 Å². The third kappa shape index (κ3) is 4.13. The van der Waals surface area contributed by atoms with Crippen LogP contribution in [0.15, 0.2) is 36.0 Å². The van der Waals surface area contributed by atoms with Gasteiger partial charge in [-0.1, -0.05) is 18.6 Å². The number of rotatable bonds is 3. The highest BCUT2D eigenvalue weighted by molar-refractivity contribution is 6.13. The van der Waals surface area contributed by atoms with E-state index >= 15 is 0 Å². The summed E-state index contributed by atoms with van der Waals surface area (Å²) in [6.45, 7) is 5.22. The molecule has 5 nitrogen and oxygen atoms in total. The van der Waals surface area contributed by atoms with Crippen LogP contribution in [0.1, 0.15) is 27.2 Å². The molecule has 3 N–H and O–H groups in total. The van der Waals surface area contributed by atoms with Crippen LogP contribution in [0.2, 0.25) is 0 Å². The first-order valence-corrected chi connectivity index (χ1v) is 6.08. The molecule has 0 spiro atoms. The average molecular weight is 261 g/mol. The van der Waals surface area contributed by atoms with Crippen LogP contribution in [0.5, 0.6) is 0 Å². The maximum absolute atomic E-state index is 12.0. The second kappa shape index (κ2) is 6.58. The Morgan fingerprint density at radius 3 is 2.58 bits per heavy atom. The number of carbonyl (C=O) groups is 2. The van der Waals surface area contributed by atoms with E-state index in [9.17, 15) is 9.59 Å². The highest BCUT2D eigenvalue weighted by atomic mass is 16.2. The van der Waals surface area contributed by atoms with E-state index in [1.54, 1.807) is 30.5 Å². The fourth-order valence-electron chi connectivity index (χ4n) is 1.46. The zero-order valence-electron chi connectivity index (χ0n) is 11.4. The number of nitrogen functional groups attached to an aromatic ring is 1. The summed E-state index contributed by atoms with van der Waals surface area (Å²) in [5.74, 6) is -0.370. The Bertz CT molecular complexity index is 509. The summed E-state index contributed by atoms with van der Waals surface area (Å²) in [6.07, 6.45) is 2.43. The van der Waals surface area contributed by atoms with E-state index in [2.05, 4.69) is 5.32 Å². The Morgan fingerprint density at radius 2 is 2.05 bits per heavy atom. The van der Waals surface area contributed by atoms with Crippen LogP contribution >= 0.6 is 0 Å². The SMILES string of the molecule is CC/C(C)=C/NC(=O)N(C(C)=O)c1cccc(N)c1. The van der Waals surface area contributed by atoms with Gasteiger partial charge in [0.2, 0.25) is 5.91 Å². The van der Waals surface area contributed by atoms with Crippen molar-refractivity contribution in [2.75, 3.05) is 10.6 Å². The zero-order chi connectivity index (χ0) is 14.4. The van der Waals surface area contributed by atoms with Gasteiger partial charge in [0.1, 0.15) is 0 Å². The van der Waals surface area contributed by atoms with E-state index in [0.717, 1.165) is 16.9 Å². The van der Waals surface area contributed by atoms with E-state index < -0.39 is 6.03 Å². The number of amides is 3. The van der Waals surface area contributed by atoms with Crippen molar-refractivity contribution in [1.29, 1.82) is 0 Å². The van der Waals surface area contributed by atoms with Gasteiger partial charge >= 0.3 is 6.03 Å². The van der Waals surface area contributed by atoms with Crippen LogP contribution in [0, 0.1) is 0 Å². The third-order valence-electron chi connectivity index (χ3n) is 2.65. The Kier molecular flexibility index (Phi) is 5.11. The monoisotopic (exact) mass is 261 g/mol. The molecule has 0 unspecified atom stereocenters. The van der Waals surface area contributed by atoms with Gasteiger partial charge in [-0.2, -0.15) is 0 Å². The van der Waals surface area contributed by atoms with Crippen LogP contribution in [0.3, 0.4) is 0 Å². The van der Waals surface area contributed by atoms with E-state index in [-0.39, 0.29) is 5.91 Å². The van der Waals surface area contributed by atoms with Crippen LogP contribution < -0.4 is 16.0 Å². The molecule has 0 aromatic heterocycles. The van der Waals surface area contributed by atoms with Crippen molar-refractivity contribution in [2.45, 2.75) is 27.2 Å². The van der Waals surface area contributed by atoms with Crippen molar-refractivity contribution in [3.05, 3.63) is 36.0 Å². The number of anilines is 2. The molecule has 19 heavy (non-hydrogen) atoms. The lowest BCUT2D eigenvalue weighted by atomic mass is 10.2. The molecule has 3 amide bonds. The minimum Gasteiger partial charge on any atom is -0.399 e. The van der Waals surface area contributed by atoms with Crippen LogP contribution in [0.4, 0.5) is 16.2 Å². The van der Waals surface area contributed by atoms with Gasteiger partial charge in [-0.3, -0.25) is 4.79 Å². The molecule has 1 aromatic carbocycles. The molecule has 0 aliphatic rings. The highest BCUT2D eigenvalue weighted by Crippen LogP contribution is 2.18. The van der Waals surface area contributed by atoms with Gasteiger partial charge in [0.25, 0.3) is 0 Å². The number of nitrogens with two attached hydrogens (primary N) is 1. The van der Waals surface area contributed by atoms with Crippen LogP contribution in [-0.4, -0.2) is 11.9 Å². The van der Waals surface area contributed by atoms with Crippen molar-refractivity contribution in [3.63, 3.8) is 0 Å². The van der Waals surface area contributed by atoms with Crippen molar-refractivity contribution in [3.8, 4) is 0 Å². The summed E-state index contributed by atoms with van der Waals surface area (Å²) in [4.78, 5) is 24.7. The van der Waals surface area contributed by atoms with E-state index in [4.69, 9.17) is 5.73 Å². The molecular formula is C14H19N3O2. The topological polar surface area (TPSA) is 75.4 Å². The number of allylic oxidation sites excluding steroid dienone is 1. The van der Waals surface area contributed by atoms with Gasteiger partial charge in [0.15, 0.2) is 0 Å². The zero-order valence-corrected chi connectivity index (χ0v) is 11.4. The average Bonchev–Trinajstić information content (AvgIpc) is 2.35. The molecule has 0 aliphatic carbocycles. The molecule has 0 bridgehead atoms. The van der Waals surface area contributed by atoms with Gasteiger partial charge in [0, 0.05) is 18.8 Å². The summed E-state index contributed by atoms with van der Waals surface area (Å²) < 4.78 is 0. The summed E-state index contributed by atoms with van der Waals surface area (Å²) >= 11 is 0. The molecule has 0 atom stereocenters. The predicted molar refractivity (Wildman–Crippen MR) is 76.6 cm³/mol. The van der Waals surface area contributed by atoms with Gasteiger partial charge in [-0.25, -0.2) is 9.69 Å². The first-order chi connectivity index (χ1) is 8.95. The summed E-state index contributed by atoms with van der Waals surface area (Å²) in [6, 6.07) is 6.14. The Labute approximate surface area is 113 Å². The summed E-state index contributed by atoms with van der Waals surface area (Å²) in [5.41, 5.74) is 7.63. The number of nitrogens with zero attached hydrogens (tertiary/aromatic N) is 1. The maximum atomic E-state index is 12.0. The molecule has 5 heteroatoms. The van der Waals surface area contributed by atoms with E-state index in [0.29, 0.717) is 11.4 Å². The molecule has 0 radical (unpaired) electrons. The van der Waals surface area contributed by atoms with E-state index in [1.807, 2.05) is 13.8 Å². The summed E-state index contributed by atoms with van der Waals surface area (Å²) in [7, 11) is 0. The number of hydrogen-bond acceptors (Lipinski definition) is 3. The number of carbonyl (C=O) groups excluding carboxylic acids is 2.